The molecule has 13 heteroatoms. The van der Waals surface area contributed by atoms with Crippen LogP contribution in [0.25, 0.3) is 0 Å². The fraction of sp³-hybridized carbons (Fsp3) is 0.488. The SMILES string of the molecule is CCCCN(CCCC)C(=O)CN1CC(c2ccc3c(c2)OCO3)C(C(=O)O)C1c1ccc(OC)cc1OC(C)OC.COc1ccc(O)c(C(C)=O)c1. The molecule has 5 rings (SSSR count). The summed E-state index contributed by atoms with van der Waals surface area (Å²) in [7, 11) is 4.62. The number of methoxy groups -OCH3 is 3. The molecule has 3 aromatic rings. The van der Waals surface area contributed by atoms with Crippen LogP contribution in [0.15, 0.2) is 54.6 Å². The van der Waals surface area contributed by atoms with E-state index in [1.165, 1.54) is 26.2 Å². The minimum absolute atomic E-state index is 0.00128. The van der Waals surface area contributed by atoms with Crippen LogP contribution in [0.1, 0.15) is 86.8 Å². The third-order valence-electron chi connectivity index (χ3n) is 9.71. The summed E-state index contributed by atoms with van der Waals surface area (Å²) in [5, 5.41) is 19.9. The van der Waals surface area contributed by atoms with E-state index in [2.05, 4.69) is 13.8 Å². The zero-order valence-electron chi connectivity index (χ0n) is 32.3. The second-order valence-corrected chi connectivity index (χ2v) is 13.3. The number of rotatable bonds is 17. The van der Waals surface area contributed by atoms with Gasteiger partial charge < -0.3 is 43.5 Å². The summed E-state index contributed by atoms with van der Waals surface area (Å²) >= 11 is 0. The fourth-order valence-electron chi connectivity index (χ4n) is 6.72. The number of phenolic OH excluding ortho intramolecular Hbond substituents is 1. The van der Waals surface area contributed by atoms with Gasteiger partial charge in [-0.25, -0.2) is 0 Å². The van der Waals surface area contributed by atoms with E-state index in [0.29, 0.717) is 53.9 Å². The number of carbonyl (C=O) groups excluding carboxylic acids is 2. The molecule has 0 aromatic heterocycles. The van der Waals surface area contributed by atoms with Gasteiger partial charge in [0.1, 0.15) is 23.0 Å². The van der Waals surface area contributed by atoms with Gasteiger partial charge in [0.2, 0.25) is 12.7 Å². The smallest absolute Gasteiger partial charge is 0.309 e. The maximum absolute atomic E-state index is 13.8. The van der Waals surface area contributed by atoms with Crippen LogP contribution in [-0.4, -0.2) is 98.3 Å². The van der Waals surface area contributed by atoms with Gasteiger partial charge in [0.25, 0.3) is 0 Å². The molecule has 0 radical (unpaired) electrons. The summed E-state index contributed by atoms with van der Waals surface area (Å²) in [6, 6.07) is 14.8. The maximum Gasteiger partial charge on any atom is 0.309 e. The highest BCUT2D eigenvalue weighted by atomic mass is 16.7. The number of unbranched alkanes of at least 4 members (excludes halogenated alkanes) is 2. The molecule has 2 aliphatic heterocycles. The molecule has 0 saturated carbocycles. The number of aliphatic carboxylic acids is 1. The predicted molar refractivity (Wildman–Crippen MR) is 202 cm³/mol. The Hall–Kier alpha value is -5.01. The van der Waals surface area contributed by atoms with Crippen molar-refractivity contribution in [3.8, 4) is 34.5 Å². The third kappa shape index (κ3) is 10.4. The Kier molecular flexibility index (Phi) is 15.4. The number of hydrogen-bond acceptors (Lipinski definition) is 11. The lowest BCUT2D eigenvalue weighted by Crippen LogP contribution is -2.42. The number of ketones is 1. The number of ether oxygens (including phenoxy) is 6. The van der Waals surface area contributed by atoms with E-state index in [1.54, 1.807) is 39.3 Å². The normalized spacial score (nSPS) is 17.9. The number of fused-ring (bicyclic) bond motifs is 1. The second-order valence-electron chi connectivity index (χ2n) is 13.3. The molecule has 2 N–H and O–H groups in total. The number of aromatic hydroxyl groups is 1. The Morgan fingerprint density at radius 2 is 1.56 bits per heavy atom. The Balaban J connectivity index is 0.000000460. The fourth-order valence-corrected chi connectivity index (χ4v) is 6.72. The molecule has 0 aliphatic carbocycles. The van der Waals surface area contributed by atoms with Crippen molar-refractivity contribution in [1.82, 2.24) is 9.80 Å². The van der Waals surface area contributed by atoms with Crippen molar-refractivity contribution in [2.45, 2.75) is 71.6 Å². The number of Topliss-reactive ketones (excluding diaryl/α,β-unsaturated/α-hetero) is 1. The second kappa shape index (κ2) is 19.9. The molecular weight excluding hydrogens is 696 g/mol. The van der Waals surface area contributed by atoms with Gasteiger partial charge in [0.15, 0.2) is 23.6 Å². The number of likely N-dealkylation sites (tertiary alicyclic amines) is 1. The van der Waals surface area contributed by atoms with Gasteiger partial charge in [0.05, 0.1) is 38.3 Å². The Morgan fingerprint density at radius 1 is 0.907 bits per heavy atom. The Morgan fingerprint density at radius 3 is 2.17 bits per heavy atom. The number of benzene rings is 3. The predicted octanol–water partition coefficient (Wildman–Crippen LogP) is 6.67. The van der Waals surface area contributed by atoms with Crippen molar-refractivity contribution in [3.63, 3.8) is 0 Å². The molecule has 4 atom stereocenters. The molecular formula is C41H54N2O11. The molecule has 13 nitrogen and oxygen atoms in total. The van der Waals surface area contributed by atoms with Crippen LogP contribution in [-0.2, 0) is 14.3 Å². The summed E-state index contributed by atoms with van der Waals surface area (Å²) in [5.41, 5.74) is 1.77. The van der Waals surface area contributed by atoms with Crippen LogP contribution in [0.2, 0.25) is 0 Å². The van der Waals surface area contributed by atoms with E-state index in [1.807, 2.05) is 34.1 Å². The van der Waals surface area contributed by atoms with Gasteiger partial charge in [-0.1, -0.05) is 38.8 Å². The molecule has 4 unspecified atom stereocenters. The molecule has 2 aliphatic rings. The quantitative estimate of drug-likeness (QED) is 0.112. The molecule has 54 heavy (non-hydrogen) atoms. The van der Waals surface area contributed by atoms with Gasteiger partial charge in [-0.15, -0.1) is 0 Å². The Labute approximate surface area is 317 Å². The van der Waals surface area contributed by atoms with Crippen molar-refractivity contribution >= 4 is 17.7 Å². The molecule has 1 saturated heterocycles. The minimum atomic E-state index is -0.951. The highest BCUT2D eigenvalue weighted by Gasteiger charge is 2.49. The molecule has 0 bridgehead atoms. The van der Waals surface area contributed by atoms with Crippen LogP contribution >= 0.6 is 0 Å². The van der Waals surface area contributed by atoms with E-state index in [4.69, 9.17) is 28.4 Å². The number of carbonyl (C=O) groups is 3. The van der Waals surface area contributed by atoms with Crippen LogP contribution in [0.3, 0.4) is 0 Å². The minimum Gasteiger partial charge on any atom is -0.507 e. The van der Waals surface area contributed by atoms with Crippen LogP contribution in [0.5, 0.6) is 34.5 Å². The van der Waals surface area contributed by atoms with Gasteiger partial charge in [-0.3, -0.25) is 19.3 Å². The van der Waals surface area contributed by atoms with E-state index >= 15 is 0 Å². The van der Waals surface area contributed by atoms with E-state index in [9.17, 15) is 24.6 Å². The molecule has 2 heterocycles. The molecule has 0 spiro atoms. The number of carboxylic acids is 1. The molecule has 1 fully saturated rings. The first kappa shape index (κ1) is 41.7. The summed E-state index contributed by atoms with van der Waals surface area (Å²) in [5.74, 6) is 0.402. The number of amides is 1. The molecule has 294 valence electrons. The zero-order chi connectivity index (χ0) is 39.4. The number of phenols is 1. The monoisotopic (exact) mass is 750 g/mol. The van der Waals surface area contributed by atoms with Gasteiger partial charge in [0, 0.05) is 44.3 Å². The highest BCUT2D eigenvalue weighted by molar-refractivity contribution is 5.97. The zero-order valence-corrected chi connectivity index (χ0v) is 32.3. The maximum atomic E-state index is 13.8. The lowest BCUT2D eigenvalue weighted by Gasteiger charge is -2.31. The van der Waals surface area contributed by atoms with E-state index in [-0.39, 0.29) is 36.3 Å². The standard InChI is InChI=1S/C32H44N2O8.C9H10O3/c1-6-8-14-33(15-9-7-2)29(35)19-34-18-25(22-10-13-26-28(16-22)41-20-40-26)30(32(36)37)31(34)24-12-11-23(39-5)17-27(24)42-21(3)38-4;1-6(10)8-5-7(12-2)3-4-9(8)11/h10-13,16-17,21,25,30-31H,6-9,14-15,18-20H2,1-5H3,(H,36,37);3-5,11H,1-2H3. The van der Waals surface area contributed by atoms with E-state index in [0.717, 1.165) is 31.2 Å². The van der Waals surface area contributed by atoms with Crippen molar-refractivity contribution in [2.24, 2.45) is 5.92 Å². The summed E-state index contributed by atoms with van der Waals surface area (Å²) in [6.07, 6.45) is 3.22. The summed E-state index contributed by atoms with van der Waals surface area (Å²) in [4.78, 5) is 41.7. The van der Waals surface area contributed by atoms with Crippen LogP contribution < -0.4 is 23.7 Å². The van der Waals surface area contributed by atoms with Crippen molar-refractivity contribution in [1.29, 1.82) is 0 Å². The first-order valence-electron chi connectivity index (χ1n) is 18.4. The Bertz CT molecular complexity index is 1720. The highest BCUT2D eigenvalue weighted by Crippen LogP contribution is 2.50. The average molecular weight is 751 g/mol. The average Bonchev–Trinajstić information content (AvgIpc) is 3.79. The third-order valence-corrected chi connectivity index (χ3v) is 9.71. The molecule has 1 amide bonds. The lowest BCUT2D eigenvalue weighted by atomic mass is 9.82. The van der Waals surface area contributed by atoms with Gasteiger partial charge in [-0.05, 0) is 68.7 Å². The lowest BCUT2D eigenvalue weighted by molar-refractivity contribution is -0.144. The van der Waals surface area contributed by atoms with Crippen molar-refractivity contribution in [3.05, 3.63) is 71.3 Å². The molecule has 3 aromatic carbocycles. The van der Waals surface area contributed by atoms with Crippen molar-refractivity contribution in [2.75, 3.05) is 54.3 Å². The first-order chi connectivity index (χ1) is 25.9. The van der Waals surface area contributed by atoms with Gasteiger partial charge in [-0.2, -0.15) is 0 Å². The number of nitrogens with zero attached hydrogens (tertiary/aromatic N) is 2. The van der Waals surface area contributed by atoms with Crippen LogP contribution in [0.4, 0.5) is 0 Å². The van der Waals surface area contributed by atoms with Crippen molar-refractivity contribution < 1.29 is 53.0 Å². The number of carboxylic acid groups (broad SMARTS) is 1. The summed E-state index contributed by atoms with van der Waals surface area (Å²) < 4.78 is 33.0. The summed E-state index contributed by atoms with van der Waals surface area (Å²) in [6.45, 7) is 9.34. The number of hydrogen-bond donors (Lipinski definition) is 2. The first-order valence-corrected chi connectivity index (χ1v) is 18.4. The topological polar surface area (TPSA) is 154 Å². The van der Waals surface area contributed by atoms with E-state index < -0.39 is 30.1 Å². The van der Waals surface area contributed by atoms with Gasteiger partial charge >= 0.3 is 5.97 Å². The van der Waals surface area contributed by atoms with Crippen LogP contribution in [0, 0.1) is 5.92 Å². The largest absolute Gasteiger partial charge is 0.507 e.